The highest BCUT2D eigenvalue weighted by atomic mass is 16.7. The topological polar surface area (TPSA) is 65.4 Å². The Hall–Kier alpha value is -3.28. The Morgan fingerprint density at radius 2 is 1.89 bits per heavy atom. The molecular weight excluding hydrogens is 342 g/mol. The summed E-state index contributed by atoms with van der Waals surface area (Å²) >= 11 is 0. The molecule has 0 atom stereocenters. The average Bonchev–Trinajstić information content (AvgIpc) is 3.25. The van der Waals surface area contributed by atoms with Crippen LogP contribution in [0.15, 0.2) is 48.5 Å². The number of nitrogens with zero attached hydrogens (tertiary/aromatic N) is 2. The van der Waals surface area contributed by atoms with E-state index in [1.807, 2.05) is 54.9 Å². The molecule has 27 heavy (non-hydrogen) atoms. The molecule has 2 aromatic carbocycles. The lowest BCUT2D eigenvalue weighted by Gasteiger charge is -2.07. The average molecular weight is 363 g/mol. The number of ether oxygens (including phenoxy) is 2. The number of carbonyl (C=O) groups is 1. The van der Waals surface area contributed by atoms with Crippen LogP contribution in [0.5, 0.6) is 11.5 Å². The van der Waals surface area contributed by atoms with Crippen LogP contribution in [0.1, 0.15) is 23.4 Å². The monoisotopic (exact) mass is 363 g/mol. The number of anilines is 1. The van der Waals surface area contributed by atoms with Gasteiger partial charge in [0.1, 0.15) is 0 Å². The van der Waals surface area contributed by atoms with Crippen LogP contribution in [-0.4, -0.2) is 22.5 Å². The first kappa shape index (κ1) is 17.1. The smallest absolute Gasteiger partial charge is 0.231 e. The van der Waals surface area contributed by atoms with E-state index in [4.69, 9.17) is 9.47 Å². The minimum atomic E-state index is -0.0415. The first-order valence-electron chi connectivity index (χ1n) is 8.92. The second-order valence-electron chi connectivity index (χ2n) is 6.51. The Morgan fingerprint density at radius 3 is 2.70 bits per heavy atom. The van der Waals surface area contributed by atoms with Gasteiger partial charge in [-0.15, -0.1) is 0 Å². The Kier molecular flexibility index (Phi) is 4.54. The first-order valence-corrected chi connectivity index (χ1v) is 8.92. The fraction of sp³-hybridized carbons (Fsp3) is 0.238. The number of fused-ring (bicyclic) bond motifs is 1. The Morgan fingerprint density at radius 1 is 1.11 bits per heavy atom. The zero-order valence-electron chi connectivity index (χ0n) is 15.4. The van der Waals surface area contributed by atoms with E-state index in [0.29, 0.717) is 30.0 Å². The number of hydrogen-bond acceptors (Lipinski definition) is 4. The minimum absolute atomic E-state index is 0.0415. The van der Waals surface area contributed by atoms with Crippen molar-refractivity contribution in [3.8, 4) is 17.2 Å². The number of nitrogens with one attached hydrogen (secondary N) is 1. The predicted octanol–water partition coefficient (Wildman–Crippen LogP) is 3.79. The molecule has 0 fully saturated rings. The number of para-hydroxylation sites is 1. The first-order chi connectivity index (χ1) is 13.1. The minimum Gasteiger partial charge on any atom is -0.454 e. The van der Waals surface area contributed by atoms with E-state index in [1.54, 1.807) is 12.1 Å². The maximum absolute atomic E-state index is 12.4. The molecule has 0 radical (unpaired) electrons. The molecule has 0 saturated carbocycles. The predicted molar refractivity (Wildman–Crippen MR) is 103 cm³/mol. The SMILES string of the molecule is Cc1nn(-c2ccccc2)c(C)c1CCC(=O)Nc1ccc2c(c1)OCO2. The fourth-order valence-corrected chi connectivity index (χ4v) is 3.29. The summed E-state index contributed by atoms with van der Waals surface area (Å²) in [5.74, 6) is 1.32. The van der Waals surface area contributed by atoms with Crippen molar-refractivity contribution in [2.45, 2.75) is 26.7 Å². The molecule has 0 unspecified atom stereocenters. The van der Waals surface area contributed by atoms with Gasteiger partial charge in [-0.3, -0.25) is 4.79 Å². The summed E-state index contributed by atoms with van der Waals surface area (Å²) in [5.41, 5.74) is 4.85. The van der Waals surface area contributed by atoms with Crippen LogP contribution in [0.2, 0.25) is 0 Å². The van der Waals surface area contributed by atoms with Crippen LogP contribution in [0.3, 0.4) is 0 Å². The van der Waals surface area contributed by atoms with Crippen molar-refractivity contribution in [1.29, 1.82) is 0 Å². The van der Waals surface area contributed by atoms with Crippen LogP contribution in [-0.2, 0) is 11.2 Å². The van der Waals surface area contributed by atoms with Crippen LogP contribution >= 0.6 is 0 Å². The summed E-state index contributed by atoms with van der Waals surface area (Å²) in [5, 5.41) is 7.55. The summed E-state index contributed by atoms with van der Waals surface area (Å²) in [6.07, 6.45) is 1.03. The number of hydrogen-bond donors (Lipinski definition) is 1. The van der Waals surface area contributed by atoms with Crippen molar-refractivity contribution in [2.75, 3.05) is 12.1 Å². The van der Waals surface area contributed by atoms with E-state index < -0.39 is 0 Å². The number of carbonyl (C=O) groups excluding carboxylic acids is 1. The molecule has 0 bridgehead atoms. The van der Waals surface area contributed by atoms with Gasteiger partial charge in [0.05, 0.1) is 11.4 Å². The highest BCUT2D eigenvalue weighted by Crippen LogP contribution is 2.34. The number of rotatable bonds is 5. The molecule has 6 nitrogen and oxygen atoms in total. The summed E-state index contributed by atoms with van der Waals surface area (Å²) in [6, 6.07) is 15.4. The molecule has 138 valence electrons. The molecule has 6 heteroatoms. The van der Waals surface area contributed by atoms with Crippen molar-refractivity contribution >= 4 is 11.6 Å². The molecule has 1 N–H and O–H groups in total. The number of amides is 1. The lowest BCUT2D eigenvalue weighted by molar-refractivity contribution is -0.116. The van der Waals surface area contributed by atoms with E-state index in [0.717, 1.165) is 22.6 Å². The van der Waals surface area contributed by atoms with Crippen LogP contribution in [0.25, 0.3) is 5.69 Å². The van der Waals surface area contributed by atoms with E-state index in [-0.39, 0.29) is 12.7 Å². The zero-order valence-corrected chi connectivity index (χ0v) is 15.4. The highest BCUT2D eigenvalue weighted by molar-refractivity contribution is 5.91. The van der Waals surface area contributed by atoms with Gasteiger partial charge in [-0.05, 0) is 50.1 Å². The summed E-state index contributed by atoms with van der Waals surface area (Å²) < 4.78 is 12.6. The van der Waals surface area contributed by atoms with Gasteiger partial charge in [0.15, 0.2) is 11.5 Å². The Labute approximate surface area is 157 Å². The molecule has 1 aliphatic rings. The van der Waals surface area contributed by atoms with Crippen molar-refractivity contribution in [3.63, 3.8) is 0 Å². The maximum Gasteiger partial charge on any atom is 0.231 e. The molecule has 0 saturated heterocycles. The van der Waals surface area contributed by atoms with Gasteiger partial charge in [0.25, 0.3) is 0 Å². The van der Waals surface area contributed by atoms with Crippen LogP contribution in [0.4, 0.5) is 5.69 Å². The largest absolute Gasteiger partial charge is 0.454 e. The third-order valence-corrected chi connectivity index (χ3v) is 4.70. The zero-order chi connectivity index (χ0) is 18.8. The van der Waals surface area contributed by atoms with E-state index in [9.17, 15) is 4.79 Å². The van der Waals surface area contributed by atoms with Gasteiger partial charge < -0.3 is 14.8 Å². The normalized spacial score (nSPS) is 12.2. The quantitative estimate of drug-likeness (QED) is 0.749. The van der Waals surface area contributed by atoms with Gasteiger partial charge >= 0.3 is 0 Å². The van der Waals surface area contributed by atoms with E-state index in [2.05, 4.69) is 10.4 Å². The lowest BCUT2D eigenvalue weighted by atomic mass is 10.1. The summed E-state index contributed by atoms with van der Waals surface area (Å²) in [6.45, 7) is 4.24. The Balaban J connectivity index is 1.43. The van der Waals surface area contributed by atoms with Crippen molar-refractivity contribution in [3.05, 3.63) is 65.5 Å². The number of aromatic nitrogens is 2. The third-order valence-electron chi connectivity index (χ3n) is 4.70. The molecular formula is C21H21N3O3. The molecule has 0 aliphatic carbocycles. The van der Waals surface area contributed by atoms with Crippen LogP contribution < -0.4 is 14.8 Å². The standard InChI is InChI=1S/C21H21N3O3/c1-14-18(15(2)24(23-14)17-6-4-3-5-7-17)9-11-21(25)22-16-8-10-19-20(12-16)27-13-26-19/h3-8,10,12H,9,11,13H2,1-2H3,(H,22,25). The van der Waals surface area contributed by atoms with Crippen LogP contribution in [0, 0.1) is 13.8 Å². The molecule has 1 amide bonds. The molecule has 2 heterocycles. The van der Waals surface area contributed by atoms with Crippen molar-refractivity contribution < 1.29 is 14.3 Å². The Bertz CT molecular complexity index is 980. The molecule has 0 spiro atoms. The van der Waals surface area contributed by atoms with Gasteiger partial charge in [-0.2, -0.15) is 5.10 Å². The van der Waals surface area contributed by atoms with Gasteiger partial charge in [0, 0.05) is 23.9 Å². The fourth-order valence-electron chi connectivity index (χ4n) is 3.29. The van der Waals surface area contributed by atoms with E-state index in [1.165, 1.54) is 0 Å². The molecule has 4 rings (SSSR count). The maximum atomic E-state index is 12.4. The van der Waals surface area contributed by atoms with Gasteiger partial charge in [0.2, 0.25) is 12.7 Å². The second-order valence-corrected chi connectivity index (χ2v) is 6.51. The second kappa shape index (κ2) is 7.15. The summed E-state index contributed by atoms with van der Waals surface area (Å²) in [4.78, 5) is 12.4. The highest BCUT2D eigenvalue weighted by Gasteiger charge is 2.16. The number of benzene rings is 2. The van der Waals surface area contributed by atoms with Crippen molar-refractivity contribution in [2.24, 2.45) is 0 Å². The van der Waals surface area contributed by atoms with Gasteiger partial charge in [-0.25, -0.2) is 4.68 Å². The molecule has 1 aliphatic heterocycles. The third kappa shape index (κ3) is 3.51. The molecule has 3 aromatic rings. The van der Waals surface area contributed by atoms with Crippen molar-refractivity contribution in [1.82, 2.24) is 9.78 Å². The summed E-state index contributed by atoms with van der Waals surface area (Å²) in [7, 11) is 0. The molecule has 1 aromatic heterocycles. The lowest BCUT2D eigenvalue weighted by Crippen LogP contribution is -2.12. The van der Waals surface area contributed by atoms with E-state index >= 15 is 0 Å². The van der Waals surface area contributed by atoms with Gasteiger partial charge in [-0.1, -0.05) is 18.2 Å². The number of aryl methyl sites for hydroxylation is 1.